The lowest BCUT2D eigenvalue weighted by molar-refractivity contribution is 0.256. The van der Waals surface area contributed by atoms with Crippen LogP contribution in [-0.2, 0) is 10.4 Å². The third-order valence-corrected chi connectivity index (χ3v) is 0. The van der Waals surface area contributed by atoms with Gasteiger partial charge in [0, 0.05) is 0 Å². The first-order chi connectivity index (χ1) is 3.73. The number of carbonyl (C=O) groups is 1. The van der Waals surface area contributed by atoms with Gasteiger partial charge in [-0.25, -0.2) is 4.79 Å². The molecule has 0 spiro atoms. The molecule has 6 N–H and O–H groups in total. The smallest absolute Gasteiger partial charge is 0.352 e. The maximum Gasteiger partial charge on any atom is 0.394 e. The van der Waals surface area contributed by atoms with Crippen molar-refractivity contribution >= 4 is 39.5 Å². The molecule has 0 saturated carbocycles. The third-order valence-electron chi connectivity index (χ3n) is 0. The molecular weight excluding hydrogens is 176 g/mol. The average molecular weight is 184 g/mol. The molecule has 0 unspecified atom stereocenters. The van der Waals surface area contributed by atoms with Gasteiger partial charge in [-0.3, -0.25) is 9.11 Å². The van der Waals surface area contributed by atoms with Gasteiger partial charge in [-0.2, -0.15) is 8.42 Å². The Morgan fingerprint density at radius 1 is 1.20 bits per heavy atom. The van der Waals surface area contributed by atoms with Crippen molar-refractivity contribution in [3.05, 3.63) is 0 Å². The van der Waals surface area contributed by atoms with Crippen molar-refractivity contribution in [2.45, 2.75) is 0 Å². The van der Waals surface area contributed by atoms with E-state index in [0.717, 1.165) is 0 Å². The van der Waals surface area contributed by atoms with E-state index in [1.807, 2.05) is 0 Å². The SMILES string of the molecule is NC(N)=O.O=S(=O)(O)O.[MgH2]. The molecule has 0 saturated heterocycles. The van der Waals surface area contributed by atoms with Gasteiger partial charge in [-0.05, 0) is 0 Å². The Morgan fingerprint density at radius 3 is 1.20 bits per heavy atom. The number of urea groups is 1. The van der Waals surface area contributed by atoms with Crippen LogP contribution in [0, 0.1) is 0 Å². The Morgan fingerprint density at radius 2 is 1.20 bits per heavy atom. The molecule has 0 fully saturated rings. The minimum atomic E-state index is -4.67. The number of hydrogen-bond donors (Lipinski definition) is 4. The summed E-state index contributed by atoms with van der Waals surface area (Å²) in [6, 6.07) is -0.833. The third kappa shape index (κ3) is 42900. The van der Waals surface area contributed by atoms with Gasteiger partial charge in [-0.1, -0.05) is 0 Å². The van der Waals surface area contributed by atoms with Gasteiger partial charge in [0.2, 0.25) is 0 Å². The van der Waals surface area contributed by atoms with Crippen molar-refractivity contribution in [3.8, 4) is 0 Å². The Labute approximate surface area is 73.5 Å². The van der Waals surface area contributed by atoms with Gasteiger partial charge < -0.3 is 11.5 Å². The second kappa shape index (κ2) is 7.02. The van der Waals surface area contributed by atoms with Crippen molar-refractivity contribution in [2.75, 3.05) is 0 Å². The highest BCUT2D eigenvalue weighted by molar-refractivity contribution is 7.79. The summed E-state index contributed by atoms with van der Waals surface area (Å²) in [5.74, 6) is 0. The number of carbonyl (C=O) groups excluding carboxylic acids is 1. The lowest BCUT2D eigenvalue weighted by Crippen LogP contribution is -2.18. The lowest BCUT2D eigenvalue weighted by Gasteiger charge is -1.68. The van der Waals surface area contributed by atoms with Crippen LogP contribution in [0.2, 0.25) is 0 Å². The van der Waals surface area contributed by atoms with E-state index >= 15 is 0 Å². The van der Waals surface area contributed by atoms with Crippen LogP contribution in [0.25, 0.3) is 0 Å². The molecule has 7 nitrogen and oxygen atoms in total. The van der Waals surface area contributed by atoms with Gasteiger partial charge in [0.05, 0.1) is 0 Å². The maximum absolute atomic E-state index is 9.00. The lowest BCUT2D eigenvalue weighted by atomic mass is 11.2. The standard InChI is InChI=1S/CH4N2O.Mg.H2O4S.2H/c2-1(3)4;;1-5(2,3)4;;/h(H4,2,3,4);;(H2,1,2,3,4);;. The topological polar surface area (TPSA) is 144 Å². The van der Waals surface area contributed by atoms with Crippen LogP contribution < -0.4 is 11.5 Å². The summed E-state index contributed by atoms with van der Waals surface area (Å²) in [4.78, 5) is 9.00. The van der Waals surface area contributed by atoms with E-state index in [9.17, 15) is 0 Å². The summed E-state index contributed by atoms with van der Waals surface area (Å²) >= 11 is 0. The molecular formula is CH8MgN2O5S. The molecule has 0 heterocycles. The van der Waals surface area contributed by atoms with Crippen molar-refractivity contribution in [3.63, 3.8) is 0 Å². The number of amides is 2. The number of rotatable bonds is 0. The summed E-state index contributed by atoms with van der Waals surface area (Å²) in [5.41, 5.74) is 8.50. The molecule has 0 aliphatic heterocycles. The van der Waals surface area contributed by atoms with Crippen LogP contribution >= 0.6 is 0 Å². The summed E-state index contributed by atoms with van der Waals surface area (Å²) in [7, 11) is -4.67. The molecule has 0 aromatic heterocycles. The Balaban J connectivity index is -0.0000000910. The van der Waals surface area contributed by atoms with Gasteiger partial charge in [0.15, 0.2) is 0 Å². The predicted molar refractivity (Wildman–Crippen MR) is 36.5 cm³/mol. The maximum atomic E-state index is 9.00. The number of hydrogen-bond acceptors (Lipinski definition) is 3. The zero-order valence-corrected chi connectivity index (χ0v) is 5.00. The van der Waals surface area contributed by atoms with Gasteiger partial charge in [-0.15, -0.1) is 0 Å². The summed E-state index contributed by atoms with van der Waals surface area (Å²) in [6.07, 6.45) is 0. The first-order valence-corrected chi connectivity index (χ1v) is 2.88. The van der Waals surface area contributed by atoms with Crippen LogP contribution in [0.4, 0.5) is 4.79 Å². The summed E-state index contributed by atoms with van der Waals surface area (Å²) in [5, 5.41) is 0. The van der Waals surface area contributed by atoms with Crippen LogP contribution in [0.3, 0.4) is 0 Å². The zero-order valence-electron chi connectivity index (χ0n) is 4.18. The second-order valence-electron chi connectivity index (χ2n) is 0.850. The van der Waals surface area contributed by atoms with Crippen molar-refractivity contribution in [1.29, 1.82) is 0 Å². The molecule has 0 aromatic rings. The van der Waals surface area contributed by atoms with Crippen molar-refractivity contribution in [1.82, 2.24) is 0 Å². The van der Waals surface area contributed by atoms with E-state index < -0.39 is 16.4 Å². The van der Waals surface area contributed by atoms with E-state index in [0.29, 0.717) is 0 Å². The van der Waals surface area contributed by atoms with E-state index in [1.165, 1.54) is 0 Å². The highest BCUT2D eigenvalue weighted by atomic mass is 32.3. The molecule has 0 aromatic carbocycles. The number of primary amides is 2. The van der Waals surface area contributed by atoms with Crippen LogP contribution in [0.5, 0.6) is 0 Å². The fraction of sp³-hybridized carbons (Fsp3) is 0. The molecule has 0 rings (SSSR count). The highest BCUT2D eigenvalue weighted by Gasteiger charge is 1.84. The monoisotopic (exact) mass is 184 g/mol. The molecule has 0 aliphatic carbocycles. The first-order valence-electron chi connectivity index (χ1n) is 1.48. The largest absolute Gasteiger partial charge is 0.394 e. The fourth-order valence-corrected chi connectivity index (χ4v) is 0. The highest BCUT2D eigenvalue weighted by Crippen LogP contribution is 1.59. The predicted octanol–water partition coefficient (Wildman–Crippen LogP) is -2.55. The zero-order chi connectivity index (χ0) is 8.08. The normalized spacial score (nSPS) is 8.20. The number of nitrogens with two attached hydrogens (primary N) is 2. The molecule has 10 heavy (non-hydrogen) atoms. The Bertz CT molecular complexity index is 162. The Kier molecular flexibility index (Phi) is 11.6. The van der Waals surface area contributed by atoms with Crippen LogP contribution in [0.15, 0.2) is 0 Å². The summed E-state index contributed by atoms with van der Waals surface area (Å²) in [6.45, 7) is 0. The average Bonchev–Trinajstić information content (AvgIpc) is 1.19. The quantitative estimate of drug-likeness (QED) is 0.242. The molecule has 0 bridgehead atoms. The second-order valence-corrected chi connectivity index (χ2v) is 1.75. The van der Waals surface area contributed by atoms with Gasteiger partial charge >= 0.3 is 39.5 Å². The molecule has 0 radical (unpaired) electrons. The molecule has 60 valence electrons. The van der Waals surface area contributed by atoms with Crippen LogP contribution in [-0.4, -0.2) is 46.6 Å². The van der Waals surface area contributed by atoms with Gasteiger partial charge in [0.25, 0.3) is 0 Å². The fourth-order valence-electron chi connectivity index (χ4n) is 0. The van der Waals surface area contributed by atoms with Crippen LogP contribution in [0.1, 0.15) is 0 Å². The first kappa shape index (κ1) is 16.5. The minimum Gasteiger partial charge on any atom is -0.352 e. The van der Waals surface area contributed by atoms with E-state index in [2.05, 4.69) is 11.5 Å². The minimum absolute atomic E-state index is 0. The van der Waals surface area contributed by atoms with Crippen molar-refractivity contribution < 1.29 is 22.3 Å². The Hall–Kier alpha value is -0.0938. The molecule has 0 atom stereocenters. The van der Waals surface area contributed by atoms with E-state index in [1.54, 1.807) is 0 Å². The summed E-state index contributed by atoms with van der Waals surface area (Å²) < 4.78 is 31.6. The molecule has 9 heteroatoms. The van der Waals surface area contributed by atoms with E-state index in [-0.39, 0.29) is 23.1 Å². The molecule has 2 amide bonds. The van der Waals surface area contributed by atoms with Gasteiger partial charge in [0.1, 0.15) is 0 Å². The van der Waals surface area contributed by atoms with Crippen molar-refractivity contribution in [2.24, 2.45) is 11.5 Å². The molecule has 0 aliphatic rings. The van der Waals surface area contributed by atoms with E-state index in [4.69, 9.17) is 22.3 Å².